The lowest BCUT2D eigenvalue weighted by Gasteiger charge is -2.38. The van der Waals surface area contributed by atoms with Crippen LogP contribution < -0.4 is 0 Å². The zero-order valence-corrected chi connectivity index (χ0v) is 6.56. The molecule has 6 N–H and O–H groups in total. The van der Waals surface area contributed by atoms with Crippen molar-refractivity contribution in [3.63, 3.8) is 0 Å². The molecule has 0 spiro atoms. The molecular formula is C6H12O7. The van der Waals surface area contributed by atoms with Gasteiger partial charge < -0.3 is 35.4 Å². The van der Waals surface area contributed by atoms with Gasteiger partial charge >= 0.3 is 0 Å². The second-order valence-electron chi connectivity index (χ2n) is 2.88. The first kappa shape index (κ1) is 10.8. The van der Waals surface area contributed by atoms with Crippen molar-refractivity contribution in [3.8, 4) is 0 Å². The second-order valence-corrected chi connectivity index (χ2v) is 2.88. The summed E-state index contributed by atoms with van der Waals surface area (Å²) in [4.78, 5) is 0. The molecule has 0 aromatic heterocycles. The van der Waals surface area contributed by atoms with Crippen LogP contribution in [0.1, 0.15) is 0 Å². The lowest BCUT2D eigenvalue weighted by molar-refractivity contribution is -0.317. The van der Waals surface area contributed by atoms with Crippen LogP contribution in [0.3, 0.4) is 0 Å². The van der Waals surface area contributed by atoms with Crippen molar-refractivity contribution in [2.45, 2.75) is 37.0 Å². The van der Waals surface area contributed by atoms with Crippen LogP contribution in [0.25, 0.3) is 0 Å². The molecule has 1 aliphatic heterocycles. The SMILES string of the molecule is OC(O)[C@H]1O[C@H](O)[C@H](O)[C@@H](O)[C@@H]1O. The summed E-state index contributed by atoms with van der Waals surface area (Å²) in [6.07, 6.45) is -10.3. The van der Waals surface area contributed by atoms with Gasteiger partial charge in [0.1, 0.15) is 24.4 Å². The van der Waals surface area contributed by atoms with E-state index >= 15 is 0 Å². The highest BCUT2D eigenvalue weighted by atomic mass is 16.7. The van der Waals surface area contributed by atoms with Crippen molar-refractivity contribution in [1.82, 2.24) is 0 Å². The molecule has 1 saturated heterocycles. The van der Waals surface area contributed by atoms with Gasteiger partial charge in [-0.3, -0.25) is 0 Å². The Kier molecular flexibility index (Phi) is 3.19. The Hall–Kier alpha value is -0.280. The first-order chi connectivity index (χ1) is 5.95. The molecule has 13 heavy (non-hydrogen) atoms. The third kappa shape index (κ3) is 1.97. The summed E-state index contributed by atoms with van der Waals surface area (Å²) in [5.41, 5.74) is 0. The molecule has 1 fully saturated rings. The van der Waals surface area contributed by atoms with Crippen molar-refractivity contribution in [2.24, 2.45) is 0 Å². The van der Waals surface area contributed by atoms with E-state index in [2.05, 4.69) is 4.74 Å². The number of aliphatic hydroxyl groups is 6. The second kappa shape index (κ2) is 3.84. The lowest BCUT2D eigenvalue weighted by atomic mass is 9.99. The van der Waals surface area contributed by atoms with Crippen LogP contribution in [0.4, 0.5) is 0 Å². The Labute approximate surface area is 73.4 Å². The molecule has 0 aromatic carbocycles. The standard InChI is InChI=1S/C6H12O7/c7-1-2(8)4(5(10)11)13-6(12)3(1)9/h1-12H/t1-,2-,3+,4-,6-/m0/s1. The van der Waals surface area contributed by atoms with Gasteiger partial charge in [0, 0.05) is 0 Å². The van der Waals surface area contributed by atoms with Gasteiger partial charge in [-0.2, -0.15) is 0 Å². The molecule has 1 rings (SSSR count). The van der Waals surface area contributed by atoms with Crippen LogP contribution in [0, 0.1) is 0 Å². The van der Waals surface area contributed by atoms with Crippen LogP contribution in [-0.2, 0) is 4.74 Å². The first-order valence-corrected chi connectivity index (χ1v) is 3.69. The Morgan fingerprint density at radius 1 is 0.846 bits per heavy atom. The molecule has 0 aliphatic carbocycles. The van der Waals surface area contributed by atoms with E-state index < -0.39 is 37.0 Å². The van der Waals surface area contributed by atoms with E-state index in [1.165, 1.54) is 0 Å². The van der Waals surface area contributed by atoms with Gasteiger partial charge in [-0.1, -0.05) is 0 Å². The van der Waals surface area contributed by atoms with Gasteiger partial charge in [0.15, 0.2) is 12.6 Å². The average molecular weight is 196 g/mol. The Morgan fingerprint density at radius 3 is 1.85 bits per heavy atom. The number of hydrogen-bond acceptors (Lipinski definition) is 7. The molecule has 7 nitrogen and oxygen atoms in total. The summed E-state index contributed by atoms with van der Waals surface area (Å²) in [6.45, 7) is 0. The van der Waals surface area contributed by atoms with Crippen LogP contribution in [-0.4, -0.2) is 67.6 Å². The van der Waals surface area contributed by atoms with E-state index in [9.17, 15) is 0 Å². The van der Waals surface area contributed by atoms with Crippen molar-refractivity contribution >= 4 is 0 Å². The van der Waals surface area contributed by atoms with E-state index in [1.54, 1.807) is 0 Å². The number of aliphatic hydroxyl groups excluding tert-OH is 5. The first-order valence-electron chi connectivity index (χ1n) is 3.69. The van der Waals surface area contributed by atoms with Gasteiger partial charge in [0.25, 0.3) is 0 Å². The van der Waals surface area contributed by atoms with Gasteiger partial charge in [-0.25, -0.2) is 0 Å². The van der Waals surface area contributed by atoms with E-state index in [4.69, 9.17) is 30.6 Å². The van der Waals surface area contributed by atoms with Crippen molar-refractivity contribution in [3.05, 3.63) is 0 Å². The van der Waals surface area contributed by atoms with Crippen LogP contribution >= 0.6 is 0 Å². The summed E-state index contributed by atoms with van der Waals surface area (Å²) in [5.74, 6) is 0. The molecule has 0 aromatic rings. The summed E-state index contributed by atoms with van der Waals surface area (Å²) < 4.78 is 4.44. The zero-order chi connectivity index (χ0) is 10.2. The fraction of sp³-hybridized carbons (Fsp3) is 1.00. The van der Waals surface area contributed by atoms with Gasteiger partial charge in [0.05, 0.1) is 0 Å². The highest BCUT2D eigenvalue weighted by molar-refractivity contribution is 4.89. The molecule has 0 saturated carbocycles. The zero-order valence-electron chi connectivity index (χ0n) is 6.56. The van der Waals surface area contributed by atoms with E-state index in [0.717, 1.165) is 0 Å². The normalized spacial score (nSPS) is 46.8. The molecule has 1 aliphatic rings. The Morgan fingerprint density at radius 2 is 1.38 bits per heavy atom. The minimum atomic E-state index is -2.04. The fourth-order valence-corrected chi connectivity index (χ4v) is 1.13. The van der Waals surface area contributed by atoms with Crippen LogP contribution in [0.5, 0.6) is 0 Å². The third-order valence-electron chi connectivity index (χ3n) is 1.92. The molecule has 0 unspecified atom stereocenters. The highest BCUT2D eigenvalue weighted by Gasteiger charge is 2.45. The minimum absolute atomic E-state index is 1.53. The smallest absolute Gasteiger partial charge is 0.184 e. The summed E-state index contributed by atoms with van der Waals surface area (Å²) in [6, 6.07) is 0. The third-order valence-corrected chi connectivity index (χ3v) is 1.92. The van der Waals surface area contributed by atoms with Crippen LogP contribution in [0.15, 0.2) is 0 Å². The van der Waals surface area contributed by atoms with E-state index in [1.807, 2.05) is 0 Å². The van der Waals surface area contributed by atoms with Gasteiger partial charge in [0.2, 0.25) is 0 Å². The monoisotopic (exact) mass is 196 g/mol. The molecule has 1 heterocycles. The summed E-state index contributed by atoms with van der Waals surface area (Å²) in [5, 5.41) is 53.4. The van der Waals surface area contributed by atoms with Gasteiger partial charge in [-0.05, 0) is 0 Å². The van der Waals surface area contributed by atoms with Crippen molar-refractivity contribution in [1.29, 1.82) is 0 Å². The van der Waals surface area contributed by atoms with Crippen molar-refractivity contribution < 1.29 is 35.4 Å². The Balaban J connectivity index is 2.70. The lowest BCUT2D eigenvalue weighted by Crippen LogP contribution is -2.60. The predicted octanol–water partition coefficient (Wildman–Crippen LogP) is -3.90. The van der Waals surface area contributed by atoms with Crippen LogP contribution in [0.2, 0.25) is 0 Å². The fourth-order valence-electron chi connectivity index (χ4n) is 1.13. The number of ether oxygens (including phenoxy) is 1. The highest BCUT2D eigenvalue weighted by Crippen LogP contribution is 2.21. The predicted molar refractivity (Wildman–Crippen MR) is 37.1 cm³/mol. The molecule has 5 atom stereocenters. The Bertz CT molecular complexity index is 172. The molecule has 78 valence electrons. The maximum Gasteiger partial charge on any atom is 0.184 e. The summed E-state index contributed by atoms with van der Waals surface area (Å²) in [7, 11) is 0. The van der Waals surface area contributed by atoms with E-state index in [-0.39, 0.29) is 0 Å². The minimum Gasteiger partial charge on any atom is -0.387 e. The number of rotatable bonds is 1. The largest absolute Gasteiger partial charge is 0.387 e. The number of hydrogen-bond donors (Lipinski definition) is 6. The average Bonchev–Trinajstić information content (AvgIpc) is 2.07. The van der Waals surface area contributed by atoms with Gasteiger partial charge in [-0.15, -0.1) is 0 Å². The van der Waals surface area contributed by atoms with Crippen molar-refractivity contribution in [2.75, 3.05) is 0 Å². The molecule has 7 heteroatoms. The topological polar surface area (TPSA) is 131 Å². The molecule has 0 radical (unpaired) electrons. The maximum atomic E-state index is 9.13. The molecule has 0 amide bonds. The quantitative estimate of drug-likeness (QED) is 0.236. The van der Waals surface area contributed by atoms with E-state index in [0.29, 0.717) is 0 Å². The summed E-state index contributed by atoms with van der Waals surface area (Å²) >= 11 is 0. The maximum absolute atomic E-state index is 9.13. The molecular weight excluding hydrogens is 184 g/mol. The molecule has 0 bridgehead atoms.